The van der Waals surface area contributed by atoms with E-state index in [2.05, 4.69) is 30.8 Å². The quantitative estimate of drug-likeness (QED) is 0.557. The molecule has 3 rings (SSSR count). The molecule has 0 saturated carbocycles. The van der Waals surface area contributed by atoms with Gasteiger partial charge in [-0.05, 0) is 64.3 Å². The van der Waals surface area contributed by atoms with Crippen LogP contribution in [0.2, 0.25) is 0 Å². The van der Waals surface area contributed by atoms with Crippen molar-refractivity contribution >= 4 is 26.0 Å². The molecule has 0 radical (unpaired) electrons. The van der Waals surface area contributed by atoms with E-state index in [-0.39, 0.29) is 4.90 Å². The molecule has 0 saturated heterocycles. The number of rotatable bonds is 8. The van der Waals surface area contributed by atoms with E-state index in [0.717, 1.165) is 23.5 Å². The number of hydrogen-bond donors (Lipinski definition) is 1. The van der Waals surface area contributed by atoms with E-state index in [1.54, 1.807) is 24.5 Å². The summed E-state index contributed by atoms with van der Waals surface area (Å²) in [5.41, 5.74) is 2.85. The van der Waals surface area contributed by atoms with Crippen LogP contribution in [0.3, 0.4) is 0 Å². The number of hydrogen-bond acceptors (Lipinski definition) is 5. The first-order chi connectivity index (χ1) is 13.4. The molecule has 0 atom stereocenters. The van der Waals surface area contributed by atoms with Crippen LogP contribution in [0.4, 0.5) is 0 Å². The largest absolute Gasteiger partial charge is 0.291 e. The average molecular weight is 461 g/mol. The van der Waals surface area contributed by atoms with Gasteiger partial charge in [0.1, 0.15) is 0 Å². The first-order valence-electron chi connectivity index (χ1n) is 8.75. The number of pyridine rings is 2. The summed E-state index contributed by atoms with van der Waals surface area (Å²) in [5.74, 6) is 0. The lowest BCUT2D eigenvalue weighted by Crippen LogP contribution is -2.26. The van der Waals surface area contributed by atoms with Gasteiger partial charge in [0.05, 0.1) is 16.3 Å². The number of benzene rings is 1. The van der Waals surface area contributed by atoms with Gasteiger partial charge in [0, 0.05) is 36.5 Å². The molecule has 146 valence electrons. The van der Waals surface area contributed by atoms with Crippen molar-refractivity contribution in [3.8, 4) is 0 Å². The monoisotopic (exact) mass is 460 g/mol. The Morgan fingerprint density at radius 2 is 1.54 bits per heavy atom. The van der Waals surface area contributed by atoms with Crippen LogP contribution in [0.15, 0.2) is 76.4 Å². The summed E-state index contributed by atoms with van der Waals surface area (Å²) in [4.78, 5) is 11.2. The zero-order valence-corrected chi connectivity index (χ0v) is 17.6. The fourth-order valence-corrected chi connectivity index (χ4v) is 4.44. The van der Waals surface area contributed by atoms with Gasteiger partial charge in [0.25, 0.3) is 0 Å². The second-order valence-electron chi connectivity index (χ2n) is 6.41. The van der Waals surface area contributed by atoms with Crippen molar-refractivity contribution in [3.63, 3.8) is 0 Å². The molecule has 1 aromatic carbocycles. The molecular formula is C20H21BrN4O2S. The minimum Gasteiger partial charge on any atom is -0.291 e. The number of nitrogens with zero attached hydrogens (tertiary/aromatic N) is 3. The zero-order valence-electron chi connectivity index (χ0n) is 15.2. The van der Waals surface area contributed by atoms with Gasteiger partial charge in [-0.25, -0.2) is 13.6 Å². The highest BCUT2D eigenvalue weighted by molar-refractivity contribution is 9.10. The van der Waals surface area contributed by atoms with E-state index < -0.39 is 10.0 Å². The Balaban J connectivity index is 1.76. The average Bonchev–Trinajstić information content (AvgIpc) is 2.68. The molecule has 6 nitrogen and oxygen atoms in total. The Bertz CT molecular complexity index is 973. The summed E-state index contributed by atoms with van der Waals surface area (Å²) in [6.07, 6.45) is 4.23. The van der Waals surface area contributed by atoms with Crippen molar-refractivity contribution in [2.75, 3.05) is 6.54 Å². The molecule has 2 N–H and O–H groups in total. The molecule has 0 bridgehead atoms. The SMILES string of the molecule is NS(=O)(=O)c1cc(CCN(Cc2ccccn2)Cc2ccccn2)ccc1Br. The number of nitrogens with two attached hydrogens (primary N) is 1. The van der Waals surface area contributed by atoms with Crippen molar-refractivity contribution < 1.29 is 8.42 Å². The van der Waals surface area contributed by atoms with Gasteiger partial charge < -0.3 is 0 Å². The van der Waals surface area contributed by atoms with Crippen LogP contribution in [0.25, 0.3) is 0 Å². The predicted molar refractivity (Wildman–Crippen MR) is 112 cm³/mol. The van der Waals surface area contributed by atoms with Crippen LogP contribution >= 0.6 is 15.9 Å². The molecule has 0 spiro atoms. The van der Waals surface area contributed by atoms with Crippen LogP contribution in [0, 0.1) is 0 Å². The van der Waals surface area contributed by atoms with Crippen LogP contribution in [-0.2, 0) is 29.5 Å². The second-order valence-corrected chi connectivity index (χ2v) is 8.80. The standard InChI is InChI=1S/C20H21BrN4O2S/c21-19-8-7-16(13-20(19)28(22,26)27)9-12-25(14-17-5-1-3-10-23-17)15-18-6-2-4-11-24-18/h1-8,10-11,13H,9,12,14-15H2,(H2,22,26,27). The molecule has 0 aliphatic rings. The number of primary sulfonamides is 1. The van der Waals surface area contributed by atoms with Crippen LogP contribution in [0.1, 0.15) is 17.0 Å². The number of sulfonamides is 1. The molecule has 0 aliphatic carbocycles. The third kappa shape index (κ3) is 5.93. The van der Waals surface area contributed by atoms with Gasteiger partial charge in [-0.15, -0.1) is 0 Å². The molecule has 8 heteroatoms. The van der Waals surface area contributed by atoms with Gasteiger partial charge >= 0.3 is 0 Å². The third-order valence-electron chi connectivity index (χ3n) is 4.24. The first-order valence-corrected chi connectivity index (χ1v) is 11.1. The molecule has 2 heterocycles. The molecular weight excluding hydrogens is 440 g/mol. The lowest BCUT2D eigenvalue weighted by atomic mass is 10.1. The summed E-state index contributed by atoms with van der Waals surface area (Å²) in [5, 5.41) is 5.30. The highest BCUT2D eigenvalue weighted by Gasteiger charge is 2.14. The molecule has 3 aromatic rings. The Labute approximate surface area is 173 Å². The van der Waals surface area contributed by atoms with Crippen molar-refractivity contribution in [3.05, 3.63) is 88.4 Å². The summed E-state index contributed by atoms with van der Waals surface area (Å²) in [6, 6.07) is 16.9. The Hall–Kier alpha value is -2.13. The van der Waals surface area contributed by atoms with E-state index in [1.165, 1.54) is 0 Å². The maximum Gasteiger partial charge on any atom is 0.239 e. The van der Waals surface area contributed by atoms with Crippen molar-refractivity contribution in [1.29, 1.82) is 0 Å². The molecule has 0 aliphatic heterocycles. The van der Waals surface area contributed by atoms with E-state index in [0.29, 0.717) is 24.0 Å². The highest BCUT2D eigenvalue weighted by atomic mass is 79.9. The summed E-state index contributed by atoms with van der Waals surface area (Å²) in [6.45, 7) is 2.07. The van der Waals surface area contributed by atoms with Crippen LogP contribution in [0.5, 0.6) is 0 Å². The first kappa shape index (κ1) is 20.6. The molecule has 0 unspecified atom stereocenters. The van der Waals surface area contributed by atoms with Crippen molar-refractivity contribution in [2.24, 2.45) is 5.14 Å². The topological polar surface area (TPSA) is 89.2 Å². The van der Waals surface area contributed by atoms with Crippen LogP contribution < -0.4 is 5.14 Å². The predicted octanol–water partition coefficient (Wildman–Crippen LogP) is 3.13. The Morgan fingerprint density at radius 1 is 0.929 bits per heavy atom. The lowest BCUT2D eigenvalue weighted by Gasteiger charge is -2.22. The Kier molecular flexibility index (Phi) is 6.90. The van der Waals surface area contributed by atoms with Gasteiger partial charge in [-0.2, -0.15) is 0 Å². The number of aromatic nitrogens is 2. The molecule has 0 fully saturated rings. The molecule has 0 amide bonds. The maximum absolute atomic E-state index is 11.7. The van der Waals surface area contributed by atoms with Gasteiger partial charge in [0.15, 0.2) is 0 Å². The zero-order chi connectivity index (χ0) is 20.0. The summed E-state index contributed by atoms with van der Waals surface area (Å²) in [7, 11) is -3.77. The smallest absolute Gasteiger partial charge is 0.239 e. The van der Waals surface area contributed by atoms with E-state index >= 15 is 0 Å². The Morgan fingerprint density at radius 3 is 2.04 bits per heavy atom. The minimum absolute atomic E-state index is 0.103. The van der Waals surface area contributed by atoms with E-state index in [4.69, 9.17) is 5.14 Å². The lowest BCUT2D eigenvalue weighted by molar-refractivity contribution is 0.254. The van der Waals surface area contributed by atoms with E-state index in [1.807, 2.05) is 42.5 Å². The fourth-order valence-electron chi connectivity index (χ4n) is 2.86. The fraction of sp³-hybridized carbons (Fsp3) is 0.200. The number of halogens is 1. The van der Waals surface area contributed by atoms with E-state index in [9.17, 15) is 8.42 Å². The maximum atomic E-state index is 11.7. The minimum atomic E-state index is -3.77. The van der Waals surface area contributed by atoms with Gasteiger partial charge in [0.2, 0.25) is 10.0 Å². The van der Waals surface area contributed by atoms with Crippen molar-refractivity contribution in [2.45, 2.75) is 24.4 Å². The normalized spacial score (nSPS) is 11.7. The molecule has 28 heavy (non-hydrogen) atoms. The second kappa shape index (κ2) is 9.38. The van der Waals surface area contributed by atoms with Crippen LogP contribution in [-0.4, -0.2) is 29.8 Å². The van der Waals surface area contributed by atoms with Crippen molar-refractivity contribution in [1.82, 2.24) is 14.9 Å². The molecule has 2 aromatic heterocycles. The summed E-state index contributed by atoms with van der Waals surface area (Å²) >= 11 is 3.25. The third-order valence-corrected chi connectivity index (χ3v) is 6.15. The summed E-state index contributed by atoms with van der Waals surface area (Å²) < 4.78 is 24.0. The van der Waals surface area contributed by atoms with Gasteiger partial charge in [-0.1, -0.05) is 18.2 Å². The highest BCUT2D eigenvalue weighted by Crippen LogP contribution is 2.22. The van der Waals surface area contributed by atoms with Gasteiger partial charge in [-0.3, -0.25) is 14.9 Å².